The molecule has 1 heterocycles. The topological polar surface area (TPSA) is 153 Å². The highest BCUT2D eigenvalue weighted by molar-refractivity contribution is 7.90. The second kappa shape index (κ2) is 15.2. The highest BCUT2D eigenvalue weighted by Gasteiger charge is 2.39. The summed E-state index contributed by atoms with van der Waals surface area (Å²) in [4.78, 5) is 26.4. The number of amides is 2. The predicted octanol–water partition coefficient (Wildman–Crippen LogP) is 5.48. The fourth-order valence-corrected chi connectivity index (χ4v) is 5.36. The van der Waals surface area contributed by atoms with E-state index in [9.17, 15) is 18.0 Å². The SMILES string of the molecule is CC(C)NCCC(C)(C)COCC(C)(C)CCNC(=O)C(C)(C)CC(C)(C)C(=O)Nc1ccc(-c2nnc(S(C)(=O)=O)o2)cc1. The van der Waals surface area contributed by atoms with Gasteiger partial charge in [-0.15, -0.1) is 5.10 Å². The average Bonchev–Trinajstić information content (AvgIpc) is 3.39. The number of rotatable bonds is 18. The molecule has 11 nitrogen and oxygen atoms in total. The minimum Gasteiger partial charge on any atom is -0.408 e. The molecule has 0 radical (unpaired) electrons. The molecule has 0 aliphatic rings. The number of aromatic nitrogens is 2. The lowest BCUT2D eigenvalue weighted by Crippen LogP contribution is -2.44. The first-order valence-corrected chi connectivity index (χ1v) is 17.5. The third-order valence-electron chi connectivity index (χ3n) is 7.65. The maximum atomic E-state index is 13.2. The Labute approximate surface area is 270 Å². The van der Waals surface area contributed by atoms with E-state index < -0.39 is 25.9 Å². The summed E-state index contributed by atoms with van der Waals surface area (Å²) >= 11 is 0. The quantitative estimate of drug-likeness (QED) is 0.190. The van der Waals surface area contributed by atoms with Crippen molar-refractivity contribution in [2.24, 2.45) is 21.7 Å². The fourth-order valence-electron chi connectivity index (χ4n) is 4.94. The molecule has 0 unspecified atom stereocenters. The van der Waals surface area contributed by atoms with E-state index in [1.54, 1.807) is 24.3 Å². The molecule has 0 spiro atoms. The molecule has 0 saturated heterocycles. The number of benzene rings is 1. The van der Waals surface area contributed by atoms with Gasteiger partial charge in [-0.05, 0) is 60.9 Å². The summed E-state index contributed by atoms with van der Waals surface area (Å²) in [5.74, 6) is -0.266. The molecule has 12 heteroatoms. The molecule has 2 rings (SSSR count). The van der Waals surface area contributed by atoms with Crippen molar-refractivity contribution < 1.29 is 27.2 Å². The normalized spacial score (nSPS) is 13.2. The Balaban J connectivity index is 1.85. The van der Waals surface area contributed by atoms with Gasteiger partial charge in [0, 0.05) is 40.9 Å². The maximum Gasteiger partial charge on any atom is 0.335 e. The van der Waals surface area contributed by atoms with Crippen LogP contribution in [0.4, 0.5) is 5.69 Å². The summed E-state index contributed by atoms with van der Waals surface area (Å²) in [6.45, 7) is 23.1. The molecule has 0 bridgehead atoms. The lowest BCUT2D eigenvalue weighted by atomic mass is 9.74. The number of ether oxygens (including phenoxy) is 1. The van der Waals surface area contributed by atoms with Gasteiger partial charge < -0.3 is 25.1 Å². The Kier molecular flexibility index (Phi) is 12.9. The molecule has 1 aromatic heterocycles. The number of hydrogen-bond acceptors (Lipinski definition) is 9. The van der Waals surface area contributed by atoms with E-state index in [1.807, 2.05) is 27.7 Å². The minimum absolute atomic E-state index is 0.0616. The molecule has 254 valence electrons. The van der Waals surface area contributed by atoms with Crippen LogP contribution in [-0.4, -0.2) is 69.0 Å². The number of hydrogen-bond donors (Lipinski definition) is 3. The summed E-state index contributed by atoms with van der Waals surface area (Å²) < 4.78 is 34.6. The minimum atomic E-state index is -3.61. The molecule has 2 aromatic rings. The van der Waals surface area contributed by atoms with Crippen molar-refractivity contribution in [3.63, 3.8) is 0 Å². The molecule has 2 amide bonds. The second-order valence-electron chi connectivity index (χ2n) is 15.3. The van der Waals surface area contributed by atoms with Crippen molar-refractivity contribution in [1.29, 1.82) is 0 Å². The smallest absolute Gasteiger partial charge is 0.335 e. The number of sulfone groups is 1. The lowest BCUT2D eigenvalue weighted by Gasteiger charge is -2.33. The molecule has 0 aliphatic carbocycles. The van der Waals surface area contributed by atoms with Crippen molar-refractivity contribution >= 4 is 27.3 Å². The molecule has 0 saturated carbocycles. The standard InChI is InChI=1S/C33H55N5O6S/c1-23(2)34-18-16-30(3,4)21-43-22-31(5,6)17-19-35-27(39)32(7,8)20-33(9,10)28(40)36-25-14-12-24(13-15-25)26-37-38-29(44-26)45(11,41)42/h12-15,23,34H,16-22H2,1-11H3,(H,35,39)(H,36,40). The van der Waals surface area contributed by atoms with Gasteiger partial charge in [0.05, 0.1) is 13.2 Å². The van der Waals surface area contributed by atoms with Gasteiger partial charge in [0.1, 0.15) is 0 Å². The van der Waals surface area contributed by atoms with Crippen LogP contribution >= 0.6 is 0 Å². The van der Waals surface area contributed by atoms with Crippen molar-refractivity contribution in [1.82, 2.24) is 20.8 Å². The third kappa shape index (κ3) is 12.8. The lowest BCUT2D eigenvalue weighted by molar-refractivity contribution is -0.133. The van der Waals surface area contributed by atoms with Crippen LogP contribution in [-0.2, 0) is 24.2 Å². The van der Waals surface area contributed by atoms with Crippen molar-refractivity contribution in [3.8, 4) is 11.5 Å². The largest absolute Gasteiger partial charge is 0.408 e. The van der Waals surface area contributed by atoms with Crippen LogP contribution in [0.25, 0.3) is 11.5 Å². The fraction of sp³-hybridized carbons (Fsp3) is 0.697. The number of nitrogens with one attached hydrogen (secondary N) is 3. The number of carbonyl (C=O) groups excluding carboxylic acids is 2. The summed E-state index contributed by atoms with van der Waals surface area (Å²) in [5.41, 5.74) is -0.587. The zero-order valence-corrected chi connectivity index (χ0v) is 29.9. The molecule has 0 atom stereocenters. The van der Waals surface area contributed by atoms with Crippen LogP contribution in [0.3, 0.4) is 0 Å². The number of carbonyl (C=O) groups is 2. The van der Waals surface area contributed by atoms with E-state index in [-0.39, 0.29) is 28.5 Å². The van der Waals surface area contributed by atoms with Crippen LogP contribution in [0.2, 0.25) is 0 Å². The highest BCUT2D eigenvalue weighted by atomic mass is 32.2. The van der Waals surface area contributed by atoms with Gasteiger partial charge in [-0.1, -0.05) is 74.3 Å². The molecule has 45 heavy (non-hydrogen) atoms. The summed E-state index contributed by atoms with van der Waals surface area (Å²) in [5, 5.41) is 16.3. The van der Waals surface area contributed by atoms with Gasteiger partial charge in [0.25, 0.3) is 0 Å². The van der Waals surface area contributed by atoms with E-state index in [0.717, 1.165) is 25.6 Å². The van der Waals surface area contributed by atoms with Crippen LogP contribution in [0.5, 0.6) is 0 Å². The van der Waals surface area contributed by atoms with Crippen LogP contribution < -0.4 is 16.0 Å². The molecule has 1 aromatic carbocycles. The zero-order valence-electron chi connectivity index (χ0n) is 29.1. The first-order chi connectivity index (χ1) is 20.5. The van der Waals surface area contributed by atoms with Gasteiger partial charge in [0.15, 0.2) is 0 Å². The van der Waals surface area contributed by atoms with Gasteiger partial charge in [-0.3, -0.25) is 9.59 Å². The highest BCUT2D eigenvalue weighted by Crippen LogP contribution is 2.35. The summed E-state index contributed by atoms with van der Waals surface area (Å²) in [6, 6.07) is 7.11. The molecular weight excluding hydrogens is 594 g/mol. The molecule has 3 N–H and O–H groups in total. The van der Waals surface area contributed by atoms with Gasteiger partial charge in [-0.2, -0.15) is 0 Å². The Bertz CT molecular complexity index is 1380. The Morgan fingerprint density at radius 2 is 1.38 bits per heavy atom. The van der Waals surface area contributed by atoms with Crippen LogP contribution in [0, 0.1) is 21.7 Å². The van der Waals surface area contributed by atoms with E-state index in [4.69, 9.17) is 9.15 Å². The number of nitrogens with zero attached hydrogens (tertiary/aromatic N) is 2. The first kappa shape index (κ1) is 38.4. The van der Waals surface area contributed by atoms with Crippen molar-refractivity contribution in [2.45, 2.75) is 99.8 Å². The summed E-state index contributed by atoms with van der Waals surface area (Å²) in [6.07, 6.45) is 3.13. The van der Waals surface area contributed by atoms with Gasteiger partial charge in [-0.25, -0.2) is 8.42 Å². The van der Waals surface area contributed by atoms with Crippen molar-refractivity contribution in [3.05, 3.63) is 24.3 Å². The van der Waals surface area contributed by atoms with E-state index in [0.29, 0.717) is 43.5 Å². The maximum absolute atomic E-state index is 13.2. The molecule has 0 fully saturated rings. The van der Waals surface area contributed by atoms with Gasteiger partial charge in [0.2, 0.25) is 27.5 Å². The zero-order chi connectivity index (χ0) is 34.3. The van der Waals surface area contributed by atoms with Crippen molar-refractivity contribution in [2.75, 3.05) is 37.9 Å². The Morgan fingerprint density at radius 1 is 0.844 bits per heavy atom. The first-order valence-electron chi connectivity index (χ1n) is 15.6. The number of anilines is 1. The van der Waals surface area contributed by atoms with E-state index in [2.05, 4.69) is 67.7 Å². The van der Waals surface area contributed by atoms with Crippen LogP contribution in [0.15, 0.2) is 33.9 Å². The molecular formula is C33H55N5O6S. The van der Waals surface area contributed by atoms with E-state index in [1.165, 1.54) is 0 Å². The van der Waals surface area contributed by atoms with E-state index >= 15 is 0 Å². The second-order valence-corrected chi connectivity index (χ2v) is 17.2. The Morgan fingerprint density at radius 3 is 1.89 bits per heavy atom. The molecule has 0 aliphatic heterocycles. The van der Waals surface area contributed by atoms with Crippen LogP contribution in [0.1, 0.15) is 88.5 Å². The monoisotopic (exact) mass is 649 g/mol. The third-order valence-corrected chi connectivity index (χ3v) is 8.45. The summed E-state index contributed by atoms with van der Waals surface area (Å²) in [7, 11) is -3.61. The van der Waals surface area contributed by atoms with Gasteiger partial charge >= 0.3 is 5.22 Å². The predicted molar refractivity (Wildman–Crippen MR) is 177 cm³/mol. The Hall–Kier alpha value is -2.83. The average molecular weight is 650 g/mol.